The Kier molecular flexibility index (Phi) is 5.23. The molecule has 0 fully saturated rings. The summed E-state index contributed by atoms with van der Waals surface area (Å²) in [5.41, 5.74) is 2.13. The Morgan fingerprint density at radius 1 is 1.22 bits per heavy atom. The minimum absolute atomic E-state index is 0.130. The molecule has 0 radical (unpaired) electrons. The molecule has 0 atom stereocenters. The highest BCUT2D eigenvalue weighted by Crippen LogP contribution is 2.33. The molecular weight excluding hydrogens is 466 g/mol. The number of fused-ring (bicyclic) bond motifs is 2. The van der Waals surface area contributed by atoms with E-state index in [2.05, 4.69) is 4.98 Å². The number of carbonyl (C=O) groups excluding carboxylic acids is 1. The van der Waals surface area contributed by atoms with Gasteiger partial charge in [-0.25, -0.2) is 13.4 Å². The molecule has 1 amide bonds. The van der Waals surface area contributed by atoms with E-state index in [1.165, 1.54) is 34.6 Å². The Morgan fingerprint density at radius 2 is 2.06 bits per heavy atom. The van der Waals surface area contributed by atoms with Gasteiger partial charge in [0.15, 0.2) is 9.84 Å². The minimum atomic E-state index is -3.32. The number of nitrogens with zero attached hydrogens (tertiary/aromatic N) is 3. The lowest BCUT2D eigenvalue weighted by Crippen LogP contribution is -2.39. The topological polar surface area (TPSA) is 89.3 Å². The van der Waals surface area contributed by atoms with E-state index in [4.69, 9.17) is 0 Å². The van der Waals surface area contributed by atoms with Crippen LogP contribution in [0.15, 0.2) is 57.1 Å². The molecule has 0 saturated carbocycles. The maximum absolute atomic E-state index is 13.2. The number of aromatic nitrogens is 2. The summed E-state index contributed by atoms with van der Waals surface area (Å²) in [6.07, 6.45) is 4.03. The highest BCUT2D eigenvalue weighted by Gasteiger charge is 2.25. The number of aryl methyl sites for hydroxylation is 1. The van der Waals surface area contributed by atoms with Gasteiger partial charge in [-0.2, -0.15) is 0 Å². The highest BCUT2D eigenvalue weighted by molar-refractivity contribution is 7.90. The maximum Gasteiger partial charge on any atom is 0.263 e. The molecule has 5 rings (SSSR count). The second kappa shape index (κ2) is 7.95. The van der Waals surface area contributed by atoms with Gasteiger partial charge in [0.2, 0.25) is 5.91 Å². The van der Waals surface area contributed by atoms with E-state index in [1.54, 1.807) is 28.4 Å². The Balaban J connectivity index is 1.48. The Bertz CT molecular complexity index is 1500. The van der Waals surface area contributed by atoms with Crippen molar-refractivity contribution in [2.24, 2.45) is 0 Å². The second-order valence-electron chi connectivity index (χ2n) is 7.70. The van der Waals surface area contributed by atoms with Crippen molar-refractivity contribution < 1.29 is 13.2 Å². The van der Waals surface area contributed by atoms with Crippen LogP contribution in [0.25, 0.3) is 20.7 Å². The monoisotopic (exact) mass is 485 g/mol. The van der Waals surface area contributed by atoms with Gasteiger partial charge in [-0.1, -0.05) is 6.07 Å². The van der Waals surface area contributed by atoms with Gasteiger partial charge in [0.05, 0.1) is 16.6 Å². The largest absolute Gasteiger partial charge is 0.311 e. The molecule has 164 valence electrons. The van der Waals surface area contributed by atoms with Crippen LogP contribution < -0.4 is 10.5 Å². The van der Waals surface area contributed by atoms with Gasteiger partial charge in [-0.05, 0) is 48.1 Å². The van der Waals surface area contributed by atoms with Gasteiger partial charge in [-0.15, -0.1) is 22.7 Å². The molecule has 1 aliphatic rings. The summed E-state index contributed by atoms with van der Waals surface area (Å²) in [7, 11) is -3.32. The standard InChI is InChI=1S/C22H19N3O4S3/c1-32(28,29)15-6-7-17-14(10-15)4-2-8-25(17)19(26)11-24-13-23-21-20(22(24)27)16(12-31-21)18-5-3-9-30-18/h3,5-7,9-10,12-13H,2,4,8,11H2,1H3. The summed E-state index contributed by atoms with van der Waals surface area (Å²) in [5, 5.41) is 4.42. The van der Waals surface area contributed by atoms with Gasteiger partial charge < -0.3 is 4.90 Å². The zero-order valence-corrected chi connectivity index (χ0v) is 19.6. The van der Waals surface area contributed by atoms with E-state index in [-0.39, 0.29) is 22.9 Å². The fraction of sp³-hybridized carbons (Fsp3) is 0.227. The number of sulfone groups is 1. The molecule has 0 aliphatic carbocycles. The maximum atomic E-state index is 13.2. The summed E-state index contributed by atoms with van der Waals surface area (Å²) >= 11 is 2.97. The Labute approximate surface area is 192 Å². The third-order valence-electron chi connectivity index (χ3n) is 5.55. The first-order valence-electron chi connectivity index (χ1n) is 9.97. The van der Waals surface area contributed by atoms with E-state index in [1.807, 2.05) is 22.9 Å². The van der Waals surface area contributed by atoms with E-state index in [0.717, 1.165) is 22.4 Å². The molecule has 4 aromatic rings. The molecule has 0 unspecified atom stereocenters. The number of benzene rings is 1. The van der Waals surface area contributed by atoms with Crippen LogP contribution in [-0.2, 0) is 27.6 Å². The molecule has 7 nitrogen and oxygen atoms in total. The number of carbonyl (C=O) groups is 1. The number of amides is 1. The number of hydrogen-bond donors (Lipinski definition) is 0. The van der Waals surface area contributed by atoms with E-state index >= 15 is 0 Å². The van der Waals surface area contributed by atoms with Gasteiger partial charge in [0, 0.05) is 34.3 Å². The van der Waals surface area contributed by atoms with Crippen molar-refractivity contribution in [1.29, 1.82) is 0 Å². The SMILES string of the molecule is CS(=O)(=O)c1ccc2c(c1)CCCN2C(=O)Cn1cnc2scc(-c3cccs3)c2c1=O. The zero-order chi connectivity index (χ0) is 22.5. The zero-order valence-electron chi connectivity index (χ0n) is 17.1. The first-order valence-corrected chi connectivity index (χ1v) is 13.6. The van der Waals surface area contributed by atoms with Crippen LogP contribution in [-0.4, -0.2) is 36.7 Å². The number of rotatable bonds is 4. The smallest absolute Gasteiger partial charge is 0.263 e. The molecule has 10 heteroatoms. The van der Waals surface area contributed by atoms with Crippen LogP contribution in [0.1, 0.15) is 12.0 Å². The Morgan fingerprint density at radius 3 is 2.81 bits per heavy atom. The molecule has 0 N–H and O–H groups in total. The van der Waals surface area contributed by atoms with E-state index in [0.29, 0.717) is 28.9 Å². The average molecular weight is 486 g/mol. The van der Waals surface area contributed by atoms with Crippen molar-refractivity contribution in [1.82, 2.24) is 9.55 Å². The highest BCUT2D eigenvalue weighted by atomic mass is 32.2. The van der Waals surface area contributed by atoms with Crippen LogP contribution in [0, 0.1) is 0 Å². The third-order valence-corrected chi connectivity index (χ3v) is 8.45. The Hall–Kier alpha value is -2.82. The minimum Gasteiger partial charge on any atom is -0.311 e. The molecule has 1 aromatic carbocycles. The van der Waals surface area contributed by atoms with Crippen molar-refractivity contribution in [3.05, 3.63) is 63.3 Å². The first kappa shape index (κ1) is 21.0. The third kappa shape index (κ3) is 3.68. The lowest BCUT2D eigenvalue weighted by molar-refractivity contribution is -0.119. The lowest BCUT2D eigenvalue weighted by atomic mass is 10.0. The average Bonchev–Trinajstić information content (AvgIpc) is 3.44. The van der Waals surface area contributed by atoms with Gasteiger partial charge in [0.1, 0.15) is 11.4 Å². The molecule has 3 aromatic heterocycles. The molecule has 1 aliphatic heterocycles. The summed E-state index contributed by atoms with van der Waals surface area (Å²) < 4.78 is 25.1. The molecule has 0 bridgehead atoms. The number of hydrogen-bond acceptors (Lipinski definition) is 7. The van der Waals surface area contributed by atoms with Crippen molar-refractivity contribution in [2.75, 3.05) is 17.7 Å². The predicted octanol–water partition coefficient (Wildman–Crippen LogP) is 3.57. The molecular formula is C22H19N3O4S3. The van der Waals surface area contributed by atoms with Crippen LogP contribution in [0.4, 0.5) is 5.69 Å². The number of anilines is 1. The summed E-state index contributed by atoms with van der Waals surface area (Å²) in [5.74, 6) is -0.228. The fourth-order valence-electron chi connectivity index (χ4n) is 3.99. The van der Waals surface area contributed by atoms with Crippen molar-refractivity contribution in [3.8, 4) is 10.4 Å². The first-order chi connectivity index (χ1) is 15.3. The van der Waals surface area contributed by atoms with Crippen molar-refractivity contribution >= 4 is 54.3 Å². The fourth-order valence-corrected chi connectivity index (χ4v) is 6.38. The van der Waals surface area contributed by atoms with Crippen LogP contribution in [0.5, 0.6) is 0 Å². The quantitative estimate of drug-likeness (QED) is 0.441. The van der Waals surface area contributed by atoms with E-state index in [9.17, 15) is 18.0 Å². The van der Waals surface area contributed by atoms with Crippen LogP contribution in [0.2, 0.25) is 0 Å². The van der Waals surface area contributed by atoms with Crippen LogP contribution in [0.3, 0.4) is 0 Å². The van der Waals surface area contributed by atoms with Crippen molar-refractivity contribution in [2.45, 2.75) is 24.3 Å². The van der Waals surface area contributed by atoms with Crippen molar-refractivity contribution in [3.63, 3.8) is 0 Å². The van der Waals surface area contributed by atoms with E-state index < -0.39 is 9.84 Å². The number of thiophene rings is 2. The summed E-state index contributed by atoms with van der Waals surface area (Å²) in [6, 6.07) is 8.75. The summed E-state index contributed by atoms with van der Waals surface area (Å²) in [6.45, 7) is 0.391. The van der Waals surface area contributed by atoms with Gasteiger partial charge in [-0.3, -0.25) is 14.2 Å². The predicted molar refractivity (Wildman–Crippen MR) is 127 cm³/mol. The summed E-state index contributed by atoms with van der Waals surface area (Å²) in [4.78, 5) is 34.3. The molecule has 4 heterocycles. The van der Waals surface area contributed by atoms with Gasteiger partial charge in [0.25, 0.3) is 5.56 Å². The second-order valence-corrected chi connectivity index (χ2v) is 11.5. The molecule has 0 saturated heterocycles. The van der Waals surface area contributed by atoms with Gasteiger partial charge >= 0.3 is 0 Å². The molecule has 0 spiro atoms. The van der Waals surface area contributed by atoms with Crippen LogP contribution >= 0.6 is 22.7 Å². The normalized spacial score (nSPS) is 14.0. The molecule has 32 heavy (non-hydrogen) atoms. The lowest BCUT2D eigenvalue weighted by Gasteiger charge is -2.30.